The zero-order chi connectivity index (χ0) is 14.8. The summed E-state index contributed by atoms with van der Waals surface area (Å²) in [5.41, 5.74) is 1.13. The maximum atomic E-state index is 5.33. The molecule has 0 aromatic carbocycles. The Balaban J connectivity index is 2.48. The van der Waals surface area contributed by atoms with Gasteiger partial charge in [-0.1, -0.05) is 25.5 Å². The number of nitrogens with zero attached hydrogens (tertiary/aromatic N) is 2. The second-order valence-corrected chi connectivity index (χ2v) is 5.13. The molecule has 1 rings (SSSR count). The van der Waals surface area contributed by atoms with E-state index < -0.39 is 0 Å². The van der Waals surface area contributed by atoms with Crippen molar-refractivity contribution in [3.05, 3.63) is 36.3 Å². The van der Waals surface area contributed by atoms with E-state index in [4.69, 9.17) is 4.42 Å². The maximum Gasteiger partial charge on any atom is 0.193 e. The Labute approximate surface area is 122 Å². The highest BCUT2D eigenvalue weighted by Crippen LogP contribution is 2.00. The monoisotopic (exact) mass is 277 g/mol. The van der Waals surface area contributed by atoms with Crippen LogP contribution in [-0.2, 0) is 6.42 Å². The Hall–Kier alpha value is -1.71. The van der Waals surface area contributed by atoms with Gasteiger partial charge in [0, 0.05) is 33.1 Å². The first kappa shape index (κ1) is 16.3. The van der Waals surface area contributed by atoms with Crippen molar-refractivity contribution in [2.45, 2.75) is 33.1 Å². The lowest BCUT2D eigenvalue weighted by molar-refractivity contribution is 0.493. The Morgan fingerprint density at radius 3 is 2.90 bits per heavy atom. The van der Waals surface area contributed by atoms with Crippen LogP contribution in [0.15, 0.2) is 40.0 Å². The van der Waals surface area contributed by atoms with Crippen molar-refractivity contribution in [2.75, 3.05) is 26.7 Å². The molecule has 1 aromatic heterocycles. The Bertz CT molecular complexity index is 409. The number of unbranched alkanes of at least 4 members (excludes halogenated alkanes) is 1. The van der Waals surface area contributed by atoms with Gasteiger partial charge in [-0.2, -0.15) is 0 Å². The van der Waals surface area contributed by atoms with Crippen molar-refractivity contribution in [3.63, 3.8) is 0 Å². The molecule has 0 unspecified atom stereocenters. The molecule has 112 valence electrons. The van der Waals surface area contributed by atoms with E-state index in [0.29, 0.717) is 0 Å². The molecule has 0 fully saturated rings. The van der Waals surface area contributed by atoms with E-state index in [2.05, 4.69) is 28.7 Å². The Morgan fingerprint density at radius 1 is 1.50 bits per heavy atom. The first-order valence-corrected chi connectivity index (χ1v) is 7.29. The molecule has 20 heavy (non-hydrogen) atoms. The molecule has 0 saturated carbocycles. The average molecular weight is 277 g/mol. The van der Waals surface area contributed by atoms with E-state index in [-0.39, 0.29) is 0 Å². The minimum Gasteiger partial charge on any atom is -0.469 e. The standard InChI is InChI=1S/C16H27N3O/c1-5-6-10-17-16(19(4)13-14(2)3)18-11-9-15-8-7-12-20-15/h7-8,12H,2,5-6,9-11,13H2,1,3-4H3,(H,17,18). The van der Waals surface area contributed by atoms with E-state index >= 15 is 0 Å². The van der Waals surface area contributed by atoms with Crippen molar-refractivity contribution in [3.8, 4) is 0 Å². The summed E-state index contributed by atoms with van der Waals surface area (Å²) in [6.45, 7) is 10.7. The molecule has 1 heterocycles. The van der Waals surface area contributed by atoms with Gasteiger partial charge in [0.25, 0.3) is 0 Å². The van der Waals surface area contributed by atoms with Crippen molar-refractivity contribution < 1.29 is 4.42 Å². The SMILES string of the molecule is C=C(C)CN(C)C(=NCCCC)NCCc1ccco1. The molecular weight excluding hydrogens is 250 g/mol. The average Bonchev–Trinajstić information content (AvgIpc) is 2.89. The van der Waals surface area contributed by atoms with Crippen LogP contribution in [0.1, 0.15) is 32.4 Å². The molecule has 0 aliphatic carbocycles. The fourth-order valence-electron chi connectivity index (χ4n) is 1.89. The van der Waals surface area contributed by atoms with E-state index in [1.54, 1.807) is 6.26 Å². The molecule has 0 atom stereocenters. The van der Waals surface area contributed by atoms with Gasteiger partial charge in [-0.3, -0.25) is 4.99 Å². The molecule has 0 saturated heterocycles. The van der Waals surface area contributed by atoms with Gasteiger partial charge in [-0.25, -0.2) is 0 Å². The van der Waals surface area contributed by atoms with Crippen LogP contribution in [0.3, 0.4) is 0 Å². The van der Waals surface area contributed by atoms with Crippen LogP contribution in [-0.4, -0.2) is 37.5 Å². The summed E-state index contributed by atoms with van der Waals surface area (Å²) in [5, 5.41) is 3.40. The molecule has 4 nitrogen and oxygen atoms in total. The van der Waals surface area contributed by atoms with Crippen LogP contribution in [0, 0.1) is 0 Å². The highest BCUT2D eigenvalue weighted by molar-refractivity contribution is 5.80. The van der Waals surface area contributed by atoms with Gasteiger partial charge < -0.3 is 14.6 Å². The minimum atomic E-state index is 0.818. The molecule has 4 heteroatoms. The summed E-state index contributed by atoms with van der Waals surface area (Å²) in [5.74, 6) is 1.93. The topological polar surface area (TPSA) is 40.8 Å². The molecule has 0 radical (unpaired) electrons. The summed E-state index contributed by atoms with van der Waals surface area (Å²) in [6, 6.07) is 3.91. The lowest BCUT2D eigenvalue weighted by atomic mass is 10.3. The molecule has 0 bridgehead atoms. The van der Waals surface area contributed by atoms with Crippen LogP contribution >= 0.6 is 0 Å². The summed E-state index contributed by atoms with van der Waals surface area (Å²) in [7, 11) is 2.04. The number of furan rings is 1. The highest BCUT2D eigenvalue weighted by Gasteiger charge is 2.06. The lowest BCUT2D eigenvalue weighted by Gasteiger charge is -2.22. The van der Waals surface area contributed by atoms with E-state index in [9.17, 15) is 0 Å². The Morgan fingerprint density at radius 2 is 2.30 bits per heavy atom. The predicted octanol–water partition coefficient (Wildman–Crippen LogP) is 3.08. The molecule has 0 aliphatic rings. The third-order valence-electron chi connectivity index (χ3n) is 2.88. The van der Waals surface area contributed by atoms with Gasteiger partial charge in [-0.15, -0.1) is 0 Å². The van der Waals surface area contributed by atoms with Gasteiger partial charge in [0.1, 0.15) is 5.76 Å². The van der Waals surface area contributed by atoms with Gasteiger partial charge in [0.2, 0.25) is 0 Å². The van der Waals surface area contributed by atoms with Gasteiger partial charge in [-0.05, 0) is 25.5 Å². The van der Waals surface area contributed by atoms with Crippen molar-refractivity contribution >= 4 is 5.96 Å². The molecule has 0 aliphatic heterocycles. The summed E-state index contributed by atoms with van der Waals surface area (Å²) >= 11 is 0. The van der Waals surface area contributed by atoms with Crippen LogP contribution in [0.5, 0.6) is 0 Å². The number of aliphatic imine (C=N–C) groups is 1. The third-order valence-corrected chi connectivity index (χ3v) is 2.88. The van der Waals surface area contributed by atoms with Gasteiger partial charge >= 0.3 is 0 Å². The number of likely N-dealkylation sites (N-methyl/N-ethyl adjacent to an activating group) is 1. The fourth-order valence-corrected chi connectivity index (χ4v) is 1.89. The minimum absolute atomic E-state index is 0.818. The van der Waals surface area contributed by atoms with Crippen molar-refractivity contribution in [2.24, 2.45) is 4.99 Å². The number of hydrogen-bond acceptors (Lipinski definition) is 2. The van der Waals surface area contributed by atoms with Gasteiger partial charge in [0.15, 0.2) is 5.96 Å². The zero-order valence-electron chi connectivity index (χ0n) is 13.0. The summed E-state index contributed by atoms with van der Waals surface area (Å²) in [4.78, 5) is 6.76. The zero-order valence-corrected chi connectivity index (χ0v) is 13.0. The summed E-state index contributed by atoms with van der Waals surface area (Å²) in [6.07, 6.45) is 4.84. The van der Waals surface area contributed by atoms with E-state index in [0.717, 1.165) is 56.2 Å². The van der Waals surface area contributed by atoms with Crippen molar-refractivity contribution in [1.82, 2.24) is 10.2 Å². The number of nitrogens with one attached hydrogen (secondary N) is 1. The molecule has 1 N–H and O–H groups in total. The van der Waals surface area contributed by atoms with E-state index in [1.165, 1.54) is 0 Å². The van der Waals surface area contributed by atoms with E-state index in [1.807, 2.05) is 26.1 Å². The predicted molar refractivity (Wildman–Crippen MR) is 85.1 cm³/mol. The smallest absolute Gasteiger partial charge is 0.193 e. The number of guanidine groups is 1. The largest absolute Gasteiger partial charge is 0.469 e. The quantitative estimate of drug-likeness (QED) is 0.343. The molecule has 0 amide bonds. The third kappa shape index (κ3) is 6.45. The van der Waals surface area contributed by atoms with Crippen LogP contribution in [0.4, 0.5) is 0 Å². The maximum absolute atomic E-state index is 5.33. The second-order valence-electron chi connectivity index (χ2n) is 5.13. The number of hydrogen-bond donors (Lipinski definition) is 1. The van der Waals surface area contributed by atoms with Gasteiger partial charge in [0.05, 0.1) is 6.26 Å². The normalized spacial score (nSPS) is 11.4. The molecular formula is C16H27N3O. The fraction of sp³-hybridized carbons (Fsp3) is 0.562. The van der Waals surface area contributed by atoms with Crippen LogP contribution < -0.4 is 5.32 Å². The number of rotatable bonds is 8. The second kappa shape index (κ2) is 9.23. The summed E-state index contributed by atoms with van der Waals surface area (Å²) < 4.78 is 5.33. The molecule has 1 aromatic rings. The molecule has 0 spiro atoms. The highest BCUT2D eigenvalue weighted by atomic mass is 16.3. The van der Waals surface area contributed by atoms with Crippen LogP contribution in [0.25, 0.3) is 0 Å². The Kier molecular flexibility index (Phi) is 7.55. The van der Waals surface area contributed by atoms with Crippen molar-refractivity contribution in [1.29, 1.82) is 0 Å². The lowest BCUT2D eigenvalue weighted by Crippen LogP contribution is -2.40. The first-order valence-electron chi connectivity index (χ1n) is 7.29. The van der Waals surface area contributed by atoms with Crippen LogP contribution in [0.2, 0.25) is 0 Å². The first-order chi connectivity index (χ1) is 9.63.